The van der Waals surface area contributed by atoms with Gasteiger partial charge in [-0.05, 0) is 30.0 Å². The normalized spacial score (nSPS) is 28.8. The summed E-state index contributed by atoms with van der Waals surface area (Å²) in [6.45, 7) is 2.73. The zero-order chi connectivity index (χ0) is 15.0. The average Bonchev–Trinajstić information content (AvgIpc) is 3.04. The molecule has 3 atom stereocenters. The van der Waals surface area contributed by atoms with Crippen LogP contribution in [-0.2, 0) is 4.79 Å². The first-order valence-corrected chi connectivity index (χ1v) is 8.04. The summed E-state index contributed by atoms with van der Waals surface area (Å²) in [6, 6.07) is 5.86. The molecule has 1 aromatic rings. The number of nitrogens with zero attached hydrogens (tertiary/aromatic N) is 1. The number of nitrogens with one attached hydrogen (secondary N) is 1. The summed E-state index contributed by atoms with van der Waals surface area (Å²) >= 11 is 1.14. The van der Waals surface area contributed by atoms with Crippen LogP contribution in [0.15, 0.2) is 24.3 Å². The van der Waals surface area contributed by atoms with Crippen LogP contribution in [0.3, 0.4) is 0 Å². The Morgan fingerprint density at radius 3 is 2.95 bits per heavy atom. The van der Waals surface area contributed by atoms with Crippen molar-refractivity contribution >= 4 is 22.9 Å². The van der Waals surface area contributed by atoms with E-state index in [1.807, 2.05) is 6.07 Å². The van der Waals surface area contributed by atoms with Gasteiger partial charge in [-0.15, -0.1) is 0 Å². The molecule has 2 fully saturated rings. The molecule has 4 nitrogen and oxygen atoms in total. The molecule has 0 aliphatic carbocycles. The van der Waals surface area contributed by atoms with Gasteiger partial charge in [0.1, 0.15) is 11.9 Å². The second-order valence-corrected chi connectivity index (χ2v) is 6.59. The zero-order valence-corrected chi connectivity index (χ0v) is 12.5. The molecule has 2 saturated heterocycles. The average molecular weight is 308 g/mol. The molecule has 2 aliphatic rings. The number of halogens is 1. The predicted molar refractivity (Wildman–Crippen MR) is 79.4 cm³/mol. The van der Waals surface area contributed by atoms with Gasteiger partial charge in [-0.3, -0.25) is 9.59 Å². The maximum absolute atomic E-state index is 13.5. The van der Waals surface area contributed by atoms with Crippen LogP contribution in [0.2, 0.25) is 0 Å². The van der Waals surface area contributed by atoms with Crippen LogP contribution in [0.1, 0.15) is 24.9 Å². The molecule has 0 saturated carbocycles. The molecule has 2 heterocycles. The van der Waals surface area contributed by atoms with Crippen LogP contribution < -0.4 is 5.32 Å². The molecule has 2 amide bonds. The first kappa shape index (κ1) is 14.4. The molecule has 6 heteroatoms. The second-order valence-electron chi connectivity index (χ2n) is 5.59. The molecule has 0 bridgehead atoms. The van der Waals surface area contributed by atoms with Crippen molar-refractivity contribution in [1.82, 2.24) is 10.2 Å². The summed E-state index contributed by atoms with van der Waals surface area (Å²) in [4.78, 5) is 25.7. The molecule has 0 spiro atoms. The maximum Gasteiger partial charge on any atom is 0.279 e. The summed E-state index contributed by atoms with van der Waals surface area (Å²) in [5.74, 6) is 0.398. The maximum atomic E-state index is 13.5. The van der Waals surface area contributed by atoms with Crippen molar-refractivity contribution in [3.8, 4) is 0 Å². The number of amides is 2. The largest absolute Gasteiger partial charge is 0.334 e. The molecule has 0 radical (unpaired) electrons. The summed E-state index contributed by atoms with van der Waals surface area (Å²) in [5.41, 5.74) is 0.824. The Morgan fingerprint density at radius 1 is 1.48 bits per heavy atom. The van der Waals surface area contributed by atoms with Gasteiger partial charge in [0, 0.05) is 12.3 Å². The molecule has 1 N–H and O–H groups in total. The van der Waals surface area contributed by atoms with Gasteiger partial charge in [0.25, 0.3) is 5.24 Å². The van der Waals surface area contributed by atoms with Crippen LogP contribution in [0.4, 0.5) is 9.18 Å². The van der Waals surface area contributed by atoms with Crippen LogP contribution in [0.25, 0.3) is 0 Å². The van der Waals surface area contributed by atoms with E-state index >= 15 is 0 Å². The zero-order valence-electron chi connectivity index (χ0n) is 11.7. The second kappa shape index (κ2) is 5.67. The SMILES string of the molecule is CC1CCN(C(=O)C2CSC(=O)N2)C1c1cccc(F)c1. The summed E-state index contributed by atoms with van der Waals surface area (Å²) in [5, 5.41) is 2.54. The third-order valence-corrected chi connectivity index (χ3v) is 5.02. The summed E-state index contributed by atoms with van der Waals surface area (Å²) in [6.07, 6.45) is 0.890. The number of carbonyl (C=O) groups is 2. The number of benzene rings is 1. The number of hydrogen-bond acceptors (Lipinski definition) is 3. The van der Waals surface area contributed by atoms with E-state index in [4.69, 9.17) is 0 Å². The molecular formula is C15H17FN2O2S. The van der Waals surface area contributed by atoms with Crippen molar-refractivity contribution in [2.24, 2.45) is 5.92 Å². The lowest BCUT2D eigenvalue weighted by Gasteiger charge is -2.29. The van der Waals surface area contributed by atoms with Gasteiger partial charge in [-0.1, -0.05) is 30.8 Å². The van der Waals surface area contributed by atoms with Crippen molar-refractivity contribution in [3.63, 3.8) is 0 Å². The van der Waals surface area contributed by atoms with Crippen LogP contribution >= 0.6 is 11.8 Å². The fourth-order valence-electron chi connectivity index (χ4n) is 3.11. The number of likely N-dealkylation sites (tertiary alicyclic amines) is 1. The standard InChI is InChI=1S/C15H17FN2O2S/c1-9-5-6-18(14(19)12-8-21-15(20)17-12)13(9)10-3-2-4-11(16)7-10/h2-4,7,9,12-13H,5-6,8H2,1H3,(H,17,20). The van der Waals surface area contributed by atoms with E-state index in [0.717, 1.165) is 23.7 Å². The van der Waals surface area contributed by atoms with E-state index in [2.05, 4.69) is 12.2 Å². The smallest absolute Gasteiger partial charge is 0.279 e. The van der Waals surface area contributed by atoms with Crippen LogP contribution in [0.5, 0.6) is 0 Å². The summed E-state index contributed by atoms with van der Waals surface area (Å²) < 4.78 is 13.5. The fraction of sp³-hybridized carbons (Fsp3) is 0.467. The molecule has 3 unspecified atom stereocenters. The minimum absolute atomic E-state index is 0.0630. The Labute approximate surface area is 127 Å². The lowest BCUT2D eigenvalue weighted by atomic mass is 9.95. The fourth-order valence-corrected chi connectivity index (χ4v) is 3.88. The third kappa shape index (κ3) is 2.77. The van der Waals surface area contributed by atoms with Gasteiger partial charge >= 0.3 is 0 Å². The van der Waals surface area contributed by atoms with Gasteiger partial charge in [-0.25, -0.2) is 4.39 Å². The van der Waals surface area contributed by atoms with Crippen LogP contribution in [-0.4, -0.2) is 34.4 Å². The van der Waals surface area contributed by atoms with Gasteiger partial charge in [0.2, 0.25) is 5.91 Å². The number of carbonyl (C=O) groups excluding carboxylic acids is 2. The van der Waals surface area contributed by atoms with Gasteiger partial charge in [-0.2, -0.15) is 0 Å². The first-order valence-electron chi connectivity index (χ1n) is 7.05. The van der Waals surface area contributed by atoms with E-state index in [0.29, 0.717) is 12.3 Å². The molecule has 0 aromatic heterocycles. The Balaban J connectivity index is 1.84. The Hall–Kier alpha value is -1.56. The number of hydrogen-bond donors (Lipinski definition) is 1. The molecule has 21 heavy (non-hydrogen) atoms. The minimum atomic E-state index is -0.455. The minimum Gasteiger partial charge on any atom is -0.334 e. The Morgan fingerprint density at radius 2 is 2.29 bits per heavy atom. The lowest BCUT2D eigenvalue weighted by Crippen LogP contribution is -2.45. The molecule has 112 valence electrons. The van der Waals surface area contributed by atoms with E-state index in [-0.39, 0.29) is 28.9 Å². The van der Waals surface area contributed by atoms with Gasteiger partial charge in [0.05, 0.1) is 6.04 Å². The van der Waals surface area contributed by atoms with E-state index in [1.165, 1.54) is 12.1 Å². The van der Waals surface area contributed by atoms with Crippen LogP contribution in [0, 0.1) is 11.7 Å². The van der Waals surface area contributed by atoms with Crippen molar-refractivity contribution in [2.75, 3.05) is 12.3 Å². The van der Waals surface area contributed by atoms with Crippen molar-refractivity contribution in [1.29, 1.82) is 0 Å². The highest BCUT2D eigenvalue weighted by Gasteiger charge is 2.40. The highest BCUT2D eigenvalue weighted by molar-refractivity contribution is 8.14. The quantitative estimate of drug-likeness (QED) is 0.913. The van der Waals surface area contributed by atoms with Gasteiger partial charge in [0.15, 0.2) is 0 Å². The van der Waals surface area contributed by atoms with Crippen molar-refractivity contribution in [2.45, 2.75) is 25.4 Å². The monoisotopic (exact) mass is 308 g/mol. The van der Waals surface area contributed by atoms with E-state index in [9.17, 15) is 14.0 Å². The molecular weight excluding hydrogens is 291 g/mol. The lowest BCUT2D eigenvalue weighted by molar-refractivity contribution is -0.133. The number of rotatable bonds is 2. The number of thioether (sulfide) groups is 1. The third-order valence-electron chi connectivity index (χ3n) is 4.14. The summed E-state index contributed by atoms with van der Waals surface area (Å²) in [7, 11) is 0. The molecule has 3 rings (SSSR count). The van der Waals surface area contributed by atoms with Crippen molar-refractivity contribution < 1.29 is 14.0 Å². The van der Waals surface area contributed by atoms with Crippen molar-refractivity contribution in [3.05, 3.63) is 35.6 Å². The Bertz CT molecular complexity index is 581. The highest BCUT2D eigenvalue weighted by Crippen LogP contribution is 2.38. The Kier molecular flexibility index (Phi) is 3.89. The van der Waals surface area contributed by atoms with Gasteiger partial charge < -0.3 is 10.2 Å². The van der Waals surface area contributed by atoms with E-state index < -0.39 is 6.04 Å². The topological polar surface area (TPSA) is 49.4 Å². The first-order chi connectivity index (χ1) is 10.1. The predicted octanol–water partition coefficient (Wildman–Crippen LogP) is 2.56. The molecule has 1 aromatic carbocycles. The highest BCUT2D eigenvalue weighted by atomic mass is 32.2. The van der Waals surface area contributed by atoms with E-state index in [1.54, 1.807) is 11.0 Å². The molecule has 2 aliphatic heterocycles.